The van der Waals surface area contributed by atoms with E-state index in [2.05, 4.69) is 10.3 Å². The summed E-state index contributed by atoms with van der Waals surface area (Å²) in [5.41, 5.74) is 0.832. The van der Waals surface area contributed by atoms with Crippen LogP contribution in [-0.2, 0) is 4.74 Å². The Hall–Kier alpha value is -3.00. The zero-order valence-electron chi connectivity index (χ0n) is 18.4. The zero-order chi connectivity index (χ0) is 22.5. The second kappa shape index (κ2) is 7.60. The number of nitrogens with zero attached hydrogens (tertiary/aromatic N) is 3. The van der Waals surface area contributed by atoms with Crippen molar-refractivity contribution in [2.45, 2.75) is 52.3 Å². The van der Waals surface area contributed by atoms with Crippen LogP contribution in [0.4, 0.5) is 4.39 Å². The van der Waals surface area contributed by atoms with Gasteiger partial charge in [0.15, 0.2) is 5.69 Å². The molecule has 2 atom stereocenters. The van der Waals surface area contributed by atoms with Gasteiger partial charge in [-0.25, -0.2) is 14.2 Å². The number of imidazole rings is 1. The van der Waals surface area contributed by atoms with Crippen LogP contribution in [0.3, 0.4) is 0 Å². The summed E-state index contributed by atoms with van der Waals surface area (Å²) in [4.78, 5) is 32.3. The van der Waals surface area contributed by atoms with Gasteiger partial charge in [0.1, 0.15) is 17.7 Å². The lowest BCUT2D eigenvalue weighted by molar-refractivity contribution is 0.00656. The molecule has 0 radical (unpaired) electrons. The fourth-order valence-electron chi connectivity index (χ4n) is 4.16. The summed E-state index contributed by atoms with van der Waals surface area (Å²) in [6.45, 7) is 10.5. The number of pyridine rings is 1. The van der Waals surface area contributed by atoms with Crippen molar-refractivity contribution in [3.63, 3.8) is 0 Å². The number of hydrogen-bond acceptors (Lipinski definition) is 5. The number of rotatable bonds is 2. The highest BCUT2D eigenvalue weighted by atomic mass is 19.1. The van der Waals surface area contributed by atoms with Gasteiger partial charge < -0.3 is 15.0 Å². The van der Waals surface area contributed by atoms with E-state index in [9.17, 15) is 14.0 Å². The molecule has 1 N–H and O–H groups in total. The average Bonchev–Trinajstić information content (AvgIpc) is 3.08. The van der Waals surface area contributed by atoms with Crippen molar-refractivity contribution in [3.8, 4) is 0 Å². The fraction of sp³-hybridized carbons (Fsp3) is 0.435. The number of ether oxygens (including phenoxy) is 1. The number of piperazine rings is 1. The minimum atomic E-state index is -0.682. The summed E-state index contributed by atoms with van der Waals surface area (Å²) in [5, 5.41) is 3.88. The quantitative estimate of drug-likeness (QED) is 0.636. The van der Waals surface area contributed by atoms with Gasteiger partial charge in [-0.2, -0.15) is 0 Å². The van der Waals surface area contributed by atoms with Gasteiger partial charge in [0.2, 0.25) is 0 Å². The van der Waals surface area contributed by atoms with E-state index < -0.39 is 17.4 Å². The lowest BCUT2D eigenvalue weighted by atomic mass is 10.0. The summed E-state index contributed by atoms with van der Waals surface area (Å²) in [5.74, 6) is -1.20. The number of amides is 1. The van der Waals surface area contributed by atoms with Crippen molar-refractivity contribution in [2.75, 3.05) is 13.1 Å². The standard InChI is InChI=1S/C23H27FN4O3/c1-13-10-27(11-14(2)26-13)21(29)17-9-19-20(22(30)31-23(3,4)5)25-12-28(19)18-7-6-15(24)8-16(17)18/h6-9,12-14,26H,10-11H2,1-5H3/t13-,14+. The molecule has 1 amide bonds. The van der Waals surface area contributed by atoms with Gasteiger partial charge in [-0.15, -0.1) is 0 Å². The normalized spacial score (nSPS) is 19.7. The Bertz CT molecular complexity index is 1170. The first-order valence-electron chi connectivity index (χ1n) is 10.4. The molecule has 0 spiro atoms. The molecule has 1 saturated heterocycles. The average molecular weight is 426 g/mol. The van der Waals surface area contributed by atoms with Gasteiger partial charge in [-0.05, 0) is 58.9 Å². The zero-order valence-corrected chi connectivity index (χ0v) is 18.4. The Morgan fingerprint density at radius 3 is 2.45 bits per heavy atom. The van der Waals surface area contributed by atoms with Gasteiger partial charge in [-0.1, -0.05) is 0 Å². The van der Waals surface area contributed by atoms with Crippen LogP contribution in [0, 0.1) is 5.82 Å². The van der Waals surface area contributed by atoms with Crippen LogP contribution in [0.1, 0.15) is 55.5 Å². The number of nitrogens with one attached hydrogen (secondary N) is 1. The van der Waals surface area contributed by atoms with Crippen molar-refractivity contribution >= 4 is 28.3 Å². The van der Waals surface area contributed by atoms with Crippen molar-refractivity contribution in [1.82, 2.24) is 19.6 Å². The highest BCUT2D eigenvalue weighted by Crippen LogP contribution is 2.27. The first-order chi connectivity index (χ1) is 14.5. The molecule has 2 aromatic heterocycles. The predicted octanol–water partition coefficient (Wildman–Crippen LogP) is 3.40. The number of halogens is 1. The fourth-order valence-corrected chi connectivity index (χ4v) is 4.16. The van der Waals surface area contributed by atoms with Crippen LogP contribution in [0.15, 0.2) is 30.6 Å². The second-order valence-corrected chi connectivity index (χ2v) is 9.25. The highest BCUT2D eigenvalue weighted by molar-refractivity contribution is 6.09. The molecule has 0 unspecified atom stereocenters. The summed E-state index contributed by atoms with van der Waals surface area (Å²) in [6, 6.07) is 6.19. The molecule has 1 aliphatic heterocycles. The Morgan fingerprint density at radius 2 is 1.81 bits per heavy atom. The SMILES string of the molecule is C[C@@H]1CN(C(=O)c2cc3c(C(=O)OC(C)(C)C)ncn3c3ccc(F)cc23)C[C@H](C)N1. The molecular weight excluding hydrogens is 399 g/mol. The number of aromatic nitrogens is 2. The lowest BCUT2D eigenvalue weighted by Crippen LogP contribution is -2.55. The molecule has 1 fully saturated rings. The van der Waals surface area contributed by atoms with E-state index in [4.69, 9.17) is 4.74 Å². The smallest absolute Gasteiger partial charge is 0.359 e. The molecule has 7 nitrogen and oxygen atoms in total. The number of esters is 1. The van der Waals surface area contributed by atoms with Gasteiger partial charge in [0.05, 0.1) is 16.6 Å². The van der Waals surface area contributed by atoms with Crippen LogP contribution in [0.25, 0.3) is 16.4 Å². The summed E-state index contributed by atoms with van der Waals surface area (Å²) in [6.07, 6.45) is 1.50. The van der Waals surface area contributed by atoms with Crippen molar-refractivity contribution in [3.05, 3.63) is 47.7 Å². The molecule has 0 bridgehead atoms. The number of carbonyl (C=O) groups excluding carboxylic acids is 2. The third kappa shape index (κ3) is 4.12. The van der Waals surface area contributed by atoms with Crippen molar-refractivity contribution in [2.24, 2.45) is 0 Å². The Kier molecular flexibility index (Phi) is 5.21. The molecule has 0 saturated carbocycles. The first-order valence-corrected chi connectivity index (χ1v) is 10.4. The van der Waals surface area contributed by atoms with E-state index in [1.165, 1.54) is 18.5 Å². The van der Waals surface area contributed by atoms with Crippen LogP contribution in [0.5, 0.6) is 0 Å². The molecule has 0 aliphatic carbocycles. The molecule has 3 heterocycles. The highest BCUT2D eigenvalue weighted by Gasteiger charge is 2.29. The van der Waals surface area contributed by atoms with Crippen LogP contribution < -0.4 is 5.32 Å². The summed E-state index contributed by atoms with van der Waals surface area (Å²) in [7, 11) is 0. The molecule has 31 heavy (non-hydrogen) atoms. The van der Waals surface area contributed by atoms with Crippen LogP contribution >= 0.6 is 0 Å². The van der Waals surface area contributed by atoms with E-state index in [0.717, 1.165) is 0 Å². The Morgan fingerprint density at radius 1 is 1.13 bits per heavy atom. The van der Waals surface area contributed by atoms with Crippen molar-refractivity contribution < 1.29 is 18.7 Å². The Labute approximate surface area is 180 Å². The molecule has 1 aliphatic rings. The number of hydrogen-bond donors (Lipinski definition) is 1. The number of fused-ring (bicyclic) bond motifs is 3. The molecular formula is C23H27FN4O3. The van der Waals surface area contributed by atoms with E-state index >= 15 is 0 Å². The number of carbonyl (C=O) groups is 2. The largest absolute Gasteiger partial charge is 0.455 e. The maximum absolute atomic E-state index is 14.1. The van der Waals surface area contributed by atoms with E-state index in [-0.39, 0.29) is 23.7 Å². The van der Waals surface area contributed by atoms with Crippen LogP contribution in [-0.4, -0.2) is 56.9 Å². The molecule has 164 valence electrons. The van der Waals surface area contributed by atoms with E-state index in [0.29, 0.717) is 35.1 Å². The Balaban J connectivity index is 1.88. The van der Waals surface area contributed by atoms with Gasteiger partial charge in [-0.3, -0.25) is 9.20 Å². The summed E-state index contributed by atoms with van der Waals surface area (Å²) >= 11 is 0. The van der Waals surface area contributed by atoms with E-state index in [1.54, 1.807) is 42.2 Å². The van der Waals surface area contributed by atoms with E-state index in [1.807, 2.05) is 13.8 Å². The summed E-state index contributed by atoms with van der Waals surface area (Å²) < 4.78 is 21.3. The lowest BCUT2D eigenvalue weighted by Gasteiger charge is -2.36. The topological polar surface area (TPSA) is 75.9 Å². The molecule has 4 rings (SSSR count). The minimum Gasteiger partial charge on any atom is -0.455 e. The number of benzene rings is 1. The molecule has 8 heteroatoms. The molecule has 1 aromatic carbocycles. The third-order valence-corrected chi connectivity index (χ3v) is 5.26. The third-order valence-electron chi connectivity index (χ3n) is 5.26. The maximum atomic E-state index is 14.1. The monoisotopic (exact) mass is 426 g/mol. The first kappa shape index (κ1) is 21.2. The second-order valence-electron chi connectivity index (χ2n) is 9.25. The van der Waals surface area contributed by atoms with Gasteiger partial charge >= 0.3 is 5.97 Å². The minimum absolute atomic E-state index is 0.122. The van der Waals surface area contributed by atoms with Crippen molar-refractivity contribution in [1.29, 1.82) is 0 Å². The van der Waals surface area contributed by atoms with Gasteiger partial charge in [0.25, 0.3) is 5.91 Å². The predicted molar refractivity (Wildman–Crippen MR) is 116 cm³/mol. The maximum Gasteiger partial charge on any atom is 0.359 e. The van der Waals surface area contributed by atoms with Gasteiger partial charge in [0, 0.05) is 30.6 Å². The molecule has 3 aromatic rings. The van der Waals surface area contributed by atoms with Crippen LogP contribution in [0.2, 0.25) is 0 Å².